The molecule has 0 amide bonds. The van der Waals surface area contributed by atoms with Crippen molar-refractivity contribution in [3.05, 3.63) is 30.3 Å². The third-order valence-electron chi connectivity index (χ3n) is 3.94. The van der Waals surface area contributed by atoms with Gasteiger partial charge in [-0.15, -0.1) is 0 Å². The van der Waals surface area contributed by atoms with Gasteiger partial charge >= 0.3 is 0 Å². The summed E-state index contributed by atoms with van der Waals surface area (Å²) in [4.78, 5) is 0. The highest BCUT2D eigenvalue weighted by Crippen LogP contribution is 2.12. The van der Waals surface area contributed by atoms with Gasteiger partial charge in [0.1, 0.15) is 5.75 Å². The van der Waals surface area contributed by atoms with E-state index < -0.39 is 0 Å². The summed E-state index contributed by atoms with van der Waals surface area (Å²) in [5.74, 6) is 0.876. The van der Waals surface area contributed by atoms with Crippen molar-refractivity contribution >= 4 is 0 Å². The maximum atomic E-state index is 5.64. The van der Waals surface area contributed by atoms with Crippen LogP contribution in [0.2, 0.25) is 0 Å². The number of hydrogen-bond acceptors (Lipinski definition) is 1. The van der Waals surface area contributed by atoms with Crippen LogP contribution in [0, 0.1) is 6.07 Å². The molecule has 0 aliphatic carbocycles. The lowest BCUT2D eigenvalue weighted by Gasteiger charge is -2.05. The zero-order valence-corrected chi connectivity index (χ0v) is 13.9. The van der Waals surface area contributed by atoms with Gasteiger partial charge in [-0.2, -0.15) is 0 Å². The van der Waals surface area contributed by atoms with Crippen LogP contribution in [0.1, 0.15) is 84.0 Å². The van der Waals surface area contributed by atoms with E-state index >= 15 is 0 Å². The molecule has 0 heterocycles. The van der Waals surface area contributed by atoms with Gasteiger partial charge in [0.05, 0.1) is 6.61 Å². The minimum absolute atomic E-state index is 0.831. The molecule has 0 spiro atoms. The molecule has 0 aliphatic heterocycles. The van der Waals surface area contributed by atoms with Crippen molar-refractivity contribution in [3.8, 4) is 5.75 Å². The molecule has 1 heteroatoms. The molecule has 0 unspecified atom stereocenters. The molecule has 1 aromatic rings. The zero-order chi connectivity index (χ0) is 15.0. The number of rotatable bonds is 14. The normalized spacial score (nSPS) is 10.7. The fourth-order valence-electron chi connectivity index (χ4n) is 2.59. The highest BCUT2D eigenvalue weighted by Gasteiger charge is 1.95. The van der Waals surface area contributed by atoms with Gasteiger partial charge in [-0.3, -0.25) is 0 Å². The van der Waals surface area contributed by atoms with E-state index in [4.69, 9.17) is 4.74 Å². The van der Waals surface area contributed by atoms with Crippen LogP contribution in [0.4, 0.5) is 0 Å². The summed E-state index contributed by atoms with van der Waals surface area (Å²) in [6.45, 7) is 3.11. The summed E-state index contributed by atoms with van der Waals surface area (Å²) >= 11 is 0. The Bertz CT molecular complexity index is 307. The van der Waals surface area contributed by atoms with Crippen LogP contribution < -0.4 is 4.74 Å². The smallest absolute Gasteiger partial charge is 0.127 e. The topological polar surface area (TPSA) is 9.23 Å². The van der Waals surface area contributed by atoms with Gasteiger partial charge in [0.2, 0.25) is 0 Å². The predicted octanol–water partition coefficient (Wildman–Crippen LogP) is 6.57. The molecule has 119 valence electrons. The van der Waals surface area contributed by atoms with Gasteiger partial charge in [-0.05, 0) is 12.5 Å². The van der Waals surface area contributed by atoms with Gasteiger partial charge in [0, 0.05) is 6.07 Å². The van der Waals surface area contributed by atoms with Crippen molar-refractivity contribution in [1.29, 1.82) is 0 Å². The Kier molecular flexibility index (Phi) is 12.0. The van der Waals surface area contributed by atoms with Crippen LogP contribution in [0.15, 0.2) is 24.3 Å². The van der Waals surface area contributed by atoms with E-state index in [0.717, 1.165) is 12.4 Å². The Labute approximate surface area is 132 Å². The Balaban J connectivity index is 1.75. The Morgan fingerprint density at radius 3 is 1.86 bits per heavy atom. The SMILES string of the molecule is CCCCCCCCCCCCCCOc1[c]cccc1. The first kappa shape index (κ1) is 18.1. The summed E-state index contributed by atoms with van der Waals surface area (Å²) in [6.07, 6.45) is 16.6. The minimum atomic E-state index is 0.831. The lowest BCUT2D eigenvalue weighted by molar-refractivity contribution is 0.303. The Hall–Kier alpha value is -0.980. The molecular weight excluding hydrogens is 256 g/mol. The van der Waals surface area contributed by atoms with Crippen molar-refractivity contribution < 1.29 is 4.74 Å². The molecule has 0 fully saturated rings. The maximum Gasteiger partial charge on any atom is 0.127 e. The number of hydrogen-bond donors (Lipinski definition) is 0. The molecule has 0 N–H and O–H groups in total. The highest BCUT2D eigenvalue weighted by molar-refractivity contribution is 5.19. The van der Waals surface area contributed by atoms with Crippen LogP contribution >= 0.6 is 0 Å². The molecule has 0 bridgehead atoms. The van der Waals surface area contributed by atoms with E-state index in [1.54, 1.807) is 0 Å². The molecule has 1 aromatic carbocycles. The van der Waals surface area contributed by atoms with E-state index in [-0.39, 0.29) is 0 Å². The number of para-hydroxylation sites is 1. The first-order chi connectivity index (χ1) is 10.4. The van der Waals surface area contributed by atoms with Crippen LogP contribution in [-0.2, 0) is 0 Å². The van der Waals surface area contributed by atoms with Crippen molar-refractivity contribution in [1.82, 2.24) is 0 Å². The second-order valence-electron chi connectivity index (χ2n) is 5.96. The summed E-state index contributed by atoms with van der Waals surface area (Å²) < 4.78 is 5.64. The molecule has 0 aliphatic rings. The molecule has 0 saturated heterocycles. The lowest BCUT2D eigenvalue weighted by atomic mass is 10.1. The molecule has 0 aromatic heterocycles. The molecule has 1 nitrogen and oxygen atoms in total. The second-order valence-corrected chi connectivity index (χ2v) is 5.96. The quantitative estimate of drug-likeness (QED) is 0.352. The van der Waals surface area contributed by atoms with Crippen LogP contribution in [0.3, 0.4) is 0 Å². The highest BCUT2D eigenvalue weighted by atomic mass is 16.5. The van der Waals surface area contributed by atoms with Crippen molar-refractivity contribution in [2.75, 3.05) is 6.61 Å². The van der Waals surface area contributed by atoms with Crippen molar-refractivity contribution in [3.63, 3.8) is 0 Å². The zero-order valence-electron chi connectivity index (χ0n) is 13.9. The third-order valence-corrected chi connectivity index (χ3v) is 3.94. The number of unbranched alkanes of at least 4 members (excludes halogenated alkanes) is 11. The van der Waals surface area contributed by atoms with Gasteiger partial charge in [-0.25, -0.2) is 0 Å². The Morgan fingerprint density at radius 2 is 1.33 bits per heavy atom. The van der Waals surface area contributed by atoms with E-state index in [2.05, 4.69) is 13.0 Å². The average molecular weight is 289 g/mol. The third kappa shape index (κ3) is 11.4. The van der Waals surface area contributed by atoms with Crippen LogP contribution in [-0.4, -0.2) is 6.61 Å². The molecule has 21 heavy (non-hydrogen) atoms. The molecule has 0 saturated carbocycles. The van der Waals surface area contributed by atoms with Gasteiger partial charge in [0.15, 0.2) is 0 Å². The number of benzene rings is 1. The monoisotopic (exact) mass is 289 g/mol. The molecule has 0 atom stereocenters. The summed E-state index contributed by atoms with van der Waals surface area (Å²) in [7, 11) is 0. The molecular formula is C20H33O. The van der Waals surface area contributed by atoms with Gasteiger partial charge in [-0.1, -0.05) is 95.8 Å². The Morgan fingerprint density at radius 1 is 0.762 bits per heavy atom. The fraction of sp³-hybridized carbons (Fsp3) is 0.700. The lowest BCUT2D eigenvalue weighted by Crippen LogP contribution is -1.97. The molecule has 1 rings (SSSR count). The summed E-state index contributed by atoms with van der Waals surface area (Å²) in [6, 6.07) is 10.9. The second kappa shape index (κ2) is 14.0. The standard InChI is InChI=1S/C20H33O/c1-2-3-4-5-6-7-8-9-10-11-12-16-19-21-20-17-14-13-15-18-20/h13-15,17H,2-12,16,19H2,1H3. The number of ether oxygens (including phenoxy) is 1. The van der Waals surface area contributed by atoms with E-state index in [9.17, 15) is 0 Å². The van der Waals surface area contributed by atoms with Gasteiger partial charge in [0.25, 0.3) is 0 Å². The first-order valence-corrected chi connectivity index (χ1v) is 9.03. The predicted molar refractivity (Wildman–Crippen MR) is 91.9 cm³/mol. The minimum Gasteiger partial charge on any atom is -0.493 e. The van der Waals surface area contributed by atoms with Crippen molar-refractivity contribution in [2.45, 2.75) is 84.0 Å². The van der Waals surface area contributed by atoms with E-state index in [1.165, 1.54) is 77.0 Å². The largest absolute Gasteiger partial charge is 0.493 e. The summed E-state index contributed by atoms with van der Waals surface area (Å²) in [5, 5.41) is 0. The van der Waals surface area contributed by atoms with Crippen LogP contribution in [0.5, 0.6) is 5.75 Å². The molecule has 1 radical (unpaired) electrons. The van der Waals surface area contributed by atoms with Crippen LogP contribution in [0.25, 0.3) is 0 Å². The van der Waals surface area contributed by atoms with Gasteiger partial charge < -0.3 is 4.74 Å². The summed E-state index contributed by atoms with van der Waals surface area (Å²) in [5.41, 5.74) is 0. The fourth-order valence-corrected chi connectivity index (χ4v) is 2.59. The maximum absolute atomic E-state index is 5.64. The first-order valence-electron chi connectivity index (χ1n) is 9.03. The van der Waals surface area contributed by atoms with E-state index in [0.29, 0.717) is 0 Å². The van der Waals surface area contributed by atoms with E-state index in [1.807, 2.05) is 24.3 Å². The van der Waals surface area contributed by atoms with Crippen molar-refractivity contribution in [2.24, 2.45) is 0 Å². The average Bonchev–Trinajstić information content (AvgIpc) is 2.53.